The zero-order chi connectivity index (χ0) is 13.5. The third kappa shape index (κ3) is 4.77. The molecule has 1 amide bonds. The summed E-state index contributed by atoms with van der Waals surface area (Å²) in [6.07, 6.45) is 10.0. The van der Waals surface area contributed by atoms with Crippen LogP contribution >= 0.6 is 0 Å². The van der Waals surface area contributed by atoms with Gasteiger partial charge in [0.05, 0.1) is 6.04 Å². The molecule has 2 aliphatic rings. The molecule has 2 rings (SSSR count). The number of hydrogen-bond donors (Lipinski definition) is 2. The number of carbonyl (C=O) groups is 1. The van der Waals surface area contributed by atoms with Crippen molar-refractivity contribution >= 4 is 5.91 Å². The van der Waals surface area contributed by atoms with E-state index in [1.54, 1.807) is 0 Å². The smallest absolute Gasteiger partial charge is 0.237 e. The van der Waals surface area contributed by atoms with Crippen LogP contribution in [0.15, 0.2) is 0 Å². The Hall–Kier alpha value is -0.610. The minimum Gasteiger partial charge on any atom is -0.353 e. The molecule has 110 valence electrons. The molecule has 19 heavy (non-hydrogen) atoms. The van der Waals surface area contributed by atoms with Crippen LogP contribution in [0.2, 0.25) is 0 Å². The summed E-state index contributed by atoms with van der Waals surface area (Å²) in [5.41, 5.74) is 0. The first kappa shape index (κ1) is 14.8. The first-order chi connectivity index (χ1) is 9.27. The van der Waals surface area contributed by atoms with Crippen molar-refractivity contribution in [2.75, 3.05) is 26.7 Å². The van der Waals surface area contributed by atoms with Crippen molar-refractivity contribution in [2.45, 2.75) is 63.5 Å². The predicted octanol–water partition coefficient (Wildman–Crippen LogP) is 1.51. The van der Waals surface area contributed by atoms with Crippen LogP contribution in [0.5, 0.6) is 0 Å². The molecule has 1 saturated carbocycles. The number of rotatable bonds is 5. The van der Waals surface area contributed by atoms with Crippen molar-refractivity contribution < 1.29 is 4.79 Å². The number of nitrogens with zero attached hydrogens (tertiary/aromatic N) is 1. The standard InChI is InChI=1S/C15H29N3O/c1-18(13-7-4-5-8-13)12-11-17-15(19)14-9-3-2-6-10-16-14/h13-14,16H,2-12H2,1H3,(H,17,19). The van der Waals surface area contributed by atoms with E-state index in [4.69, 9.17) is 0 Å². The third-order valence-corrected chi connectivity index (χ3v) is 4.59. The SMILES string of the molecule is CN(CCNC(=O)C1CCCCCN1)C1CCCC1. The summed E-state index contributed by atoms with van der Waals surface area (Å²) in [5, 5.41) is 6.44. The molecule has 4 nitrogen and oxygen atoms in total. The molecule has 0 aromatic heterocycles. The maximum Gasteiger partial charge on any atom is 0.237 e. The Kier molecular flexibility index (Phi) is 6.11. The summed E-state index contributed by atoms with van der Waals surface area (Å²) >= 11 is 0. The van der Waals surface area contributed by atoms with Crippen LogP contribution in [0.25, 0.3) is 0 Å². The van der Waals surface area contributed by atoms with Gasteiger partial charge in [0.25, 0.3) is 0 Å². The van der Waals surface area contributed by atoms with Gasteiger partial charge in [-0.15, -0.1) is 0 Å². The topological polar surface area (TPSA) is 44.4 Å². The third-order valence-electron chi connectivity index (χ3n) is 4.59. The Balaban J connectivity index is 1.62. The molecular formula is C15H29N3O. The van der Waals surface area contributed by atoms with Crippen molar-refractivity contribution in [3.63, 3.8) is 0 Å². The molecule has 0 aromatic carbocycles. The van der Waals surface area contributed by atoms with Gasteiger partial charge in [0.1, 0.15) is 0 Å². The van der Waals surface area contributed by atoms with E-state index in [1.165, 1.54) is 44.9 Å². The van der Waals surface area contributed by atoms with Crippen molar-refractivity contribution in [1.29, 1.82) is 0 Å². The Morgan fingerprint density at radius 1 is 1.16 bits per heavy atom. The fourth-order valence-electron chi connectivity index (χ4n) is 3.26. The van der Waals surface area contributed by atoms with Gasteiger partial charge in [-0.2, -0.15) is 0 Å². The minimum atomic E-state index is 0.0410. The van der Waals surface area contributed by atoms with Crippen LogP contribution < -0.4 is 10.6 Å². The van der Waals surface area contributed by atoms with Gasteiger partial charge in [0.15, 0.2) is 0 Å². The molecule has 0 spiro atoms. The Labute approximate surface area is 117 Å². The molecule has 1 atom stereocenters. The highest BCUT2D eigenvalue weighted by Gasteiger charge is 2.21. The quantitative estimate of drug-likeness (QED) is 0.793. The molecule has 0 bridgehead atoms. The summed E-state index contributed by atoms with van der Waals surface area (Å²) in [5.74, 6) is 0.196. The lowest BCUT2D eigenvalue weighted by molar-refractivity contribution is -0.123. The molecule has 1 heterocycles. The fourth-order valence-corrected chi connectivity index (χ4v) is 3.26. The molecule has 1 saturated heterocycles. The highest BCUT2D eigenvalue weighted by atomic mass is 16.2. The first-order valence-electron chi connectivity index (χ1n) is 7.98. The molecule has 2 N–H and O–H groups in total. The van der Waals surface area contributed by atoms with Crippen molar-refractivity contribution in [1.82, 2.24) is 15.5 Å². The van der Waals surface area contributed by atoms with Crippen LogP contribution in [0.4, 0.5) is 0 Å². The average Bonchev–Trinajstić information content (AvgIpc) is 2.81. The van der Waals surface area contributed by atoms with Crippen molar-refractivity contribution in [3.05, 3.63) is 0 Å². The van der Waals surface area contributed by atoms with E-state index in [9.17, 15) is 4.79 Å². The number of hydrogen-bond acceptors (Lipinski definition) is 3. The second-order valence-electron chi connectivity index (χ2n) is 6.07. The van der Waals surface area contributed by atoms with Gasteiger partial charge in [-0.25, -0.2) is 0 Å². The van der Waals surface area contributed by atoms with E-state index >= 15 is 0 Å². The van der Waals surface area contributed by atoms with E-state index < -0.39 is 0 Å². The Bertz CT molecular complexity index is 269. The molecule has 0 radical (unpaired) electrons. The highest BCUT2D eigenvalue weighted by Crippen LogP contribution is 2.21. The first-order valence-corrected chi connectivity index (χ1v) is 7.98. The van der Waals surface area contributed by atoms with Crippen LogP contribution in [0.1, 0.15) is 51.4 Å². The summed E-state index contributed by atoms with van der Waals surface area (Å²) in [7, 11) is 2.19. The number of nitrogens with one attached hydrogen (secondary N) is 2. The lowest BCUT2D eigenvalue weighted by atomic mass is 10.1. The van der Waals surface area contributed by atoms with Crippen LogP contribution in [-0.2, 0) is 4.79 Å². The van der Waals surface area contributed by atoms with Gasteiger partial charge in [-0.1, -0.05) is 25.7 Å². The molecule has 1 aliphatic carbocycles. The molecule has 1 unspecified atom stereocenters. The monoisotopic (exact) mass is 267 g/mol. The van der Waals surface area contributed by atoms with Gasteiger partial charge in [0, 0.05) is 19.1 Å². The zero-order valence-corrected chi connectivity index (χ0v) is 12.3. The number of likely N-dealkylation sites (N-methyl/N-ethyl adjacent to an activating group) is 1. The molecular weight excluding hydrogens is 238 g/mol. The van der Waals surface area contributed by atoms with Gasteiger partial charge < -0.3 is 15.5 Å². The summed E-state index contributed by atoms with van der Waals surface area (Å²) in [6.45, 7) is 2.74. The van der Waals surface area contributed by atoms with Gasteiger partial charge >= 0.3 is 0 Å². The van der Waals surface area contributed by atoms with Gasteiger partial charge in [-0.3, -0.25) is 4.79 Å². The highest BCUT2D eigenvalue weighted by molar-refractivity contribution is 5.81. The number of carbonyl (C=O) groups excluding carboxylic acids is 1. The Morgan fingerprint density at radius 3 is 2.68 bits per heavy atom. The average molecular weight is 267 g/mol. The maximum absolute atomic E-state index is 12.1. The Morgan fingerprint density at radius 2 is 1.89 bits per heavy atom. The van der Waals surface area contributed by atoms with E-state index in [0.29, 0.717) is 0 Å². The predicted molar refractivity (Wildman–Crippen MR) is 78.2 cm³/mol. The zero-order valence-electron chi connectivity index (χ0n) is 12.3. The van der Waals surface area contributed by atoms with E-state index in [2.05, 4.69) is 22.6 Å². The molecule has 0 aromatic rings. The summed E-state index contributed by atoms with van der Waals surface area (Å²) < 4.78 is 0. The second-order valence-corrected chi connectivity index (χ2v) is 6.07. The molecule has 1 aliphatic heterocycles. The van der Waals surface area contributed by atoms with Gasteiger partial charge in [0.2, 0.25) is 5.91 Å². The van der Waals surface area contributed by atoms with Crippen LogP contribution in [-0.4, -0.2) is 49.6 Å². The van der Waals surface area contributed by atoms with E-state index in [0.717, 1.165) is 32.1 Å². The van der Waals surface area contributed by atoms with Crippen molar-refractivity contribution in [2.24, 2.45) is 0 Å². The normalized spacial score (nSPS) is 25.5. The van der Waals surface area contributed by atoms with E-state index in [-0.39, 0.29) is 11.9 Å². The van der Waals surface area contributed by atoms with E-state index in [1.807, 2.05) is 0 Å². The summed E-state index contributed by atoms with van der Waals surface area (Å²) in [6, 6.07) is 0.784. The largest absolute Gasteiger partial charge is 0.353 e. The second kappa shape index (κ2) is 7.85. The van der Waals surface area contributed by atoms with Crippen LogP contribution in [0, 0.1) is 0 Å². The minimum absolute atomic E-state index is 0.0410. The molecule has 4 heteroatoms. The lowest BCUT2D eigenvalue weighted by Crippen LogP contribution is -2.46. The fraction of sp³-hybridized carbons (Fsp3) is 0.933. The van der Waals surface area contributed by atoms with Crippen LogP contribution in [0.3, 0.4) is 0 Å². The summed E-state index contributed by atoms with van der Waals surface area (Å²) in [4.78, 5) is 14.5. The maximum atomic E-state index is 12.1. The molecule has 2 fully saturated rings. The lowest BCUT2D eigenvalue weighted by Gasteiger charge is -2.24. The van der Waals surface area contributed by atoms with Gasteiger partial charge in [-0.05, 0) is 39.3 Å². The number of amides is 1. The van der Waals surface area contributed by atoms with Crippen molar-refractivity contribution in [3.8, 4) is 0 Å².